The average molecular weight is 371 g/mol. The van der Waals surface area contributed by atoms with Crippen LogP contribution in [0, 0.1) is 6.92 Å². The number of hydrogen-bond donors (Lipinski definition) is 0. The molecule has 0 aromatic heterocycles. The molecule has 1 aromatic carbocycles. The van der Waals surface area contributed by atoms with Gasteiger partial charge in [-0.05, 0) is 38.1 Å². The summed E-state index contributed by atoms with van der Waals surface area (Å²) in [6.45, 7) is 3.75. The molecule has 1 heterocycles. The predicted octanol–water partition coefficient (Wildman–Crippen LogP) is 2.66. The number of anilines is 1. The number of rotatable bonds is 5. The van der Waals surface area contributed by atoms with Gasteiger partial charge in [-0.3, -0.25) is 0 Å². The van der Waals surface area contributed by atoms with Gasteiger partial charge < -0.3 is 19.1 Å². The predicted molar refractivity (Wildman–Crippen MR) is 99.0 cm³/mol. The van der Waals surface area contributed by atoms with Crippen molar-refractivity contribution in [2.75, 3.05) is 25.7 Å². The van der Waals surface area contributed by atoms with Crippen LogP contribution in [0.2, 0.25) is 0 Å². The summed E-state index contributed by atoms with van der Waals surface area (Å²) in [6.07, 6.45) is 6.24. The lowest BCUT2D eigenvalue weighted by atomic mass is 10.1. The molecule has 142 valence electrons. The van der Waals surface area contributed by atoms with E-state index in [4.69, 9.17) is 14.2 Å². The van der Waals surface area contributed by atoms with Gasteiger partial charge in [0, 0.05) is 6.20 Å². The Morgan fingerprint density at radius 1 is 1.00 bits per heavy atom. The van der Waals surface area contributed by atoms with Gasteiger partial charge in [-0.1, -0.05) is 17.7 Å². The lowest BCUT2D eigenvalue weighted by Gasteiger charge is -2.25. The smallest absolute Gasteiger partial charge is 0.355 e. The first-order chi connectivity index (χ1) is 12.9. The number of aryl methyl sites for hydroxylation is 1. The van der Waals surface area contributed by atoms with E-state index in [1.807, 2.05) is 6.92 Å². The Bertz CT molecular complexity index is 850. The van der Waals surface area contributed by atoms with Crippen molar-refractivity contribution in [2.45, 2.75) is 13.8 Å². The second-order valence-corrected chi connectivity index (χ2v) is 5.56. The molecule has 0 amide bonds. The van der Waals surface area contributed by atoms with E-state index in [0.29, 0.717) is 5.69 Å². The first kappa shape index (κ1) is 20.0. The minimum Gasteiger partial charge on any atom is -0.465 e. The van der Waals surface area contributed by atoms with E-state index in [0.717, 1.165) is 5.56 Å². The maximum Gasteiger partial charge on any atom is 0.355 e. The highest BCUT2D eigenvalue weighted by Crippen LogP contribution is 2.30. The monoisotopic (exact) mass is 371 g/mol. The normalized spacial score (nSPS) is 13.3. The molecule has 1 aromatic rings. The van der Waals surface area contributed by atoms with E-state index >= 15 is 0 Å². The van der Waals surface area contributed by atoms with Crippen LogP contribution >= 0.6 is 0 Å². The van der Waals surface area contributed by atoms with Crippen LogP contribution < -0.4 is 4.90 Å². The van der Waals surface area contributed by atoms with E-state index in [9.17, 15) is 14.4 Å². The first-order valence-electron chi connectivity index (χ1n) is 8.27. The van der Waals surface area contributed by atoms with Crippen LogP contribution in [-0.2, 0) is 23.8 Å². The molecule has 7 nitrogen and oxygen atoms in total. The minimum atomic E-state index is -0.748. The molecule has 0 fully saturated rings. The molecule has 0 unspecified atom stereocenters. The largest absolute Gasteiger partial charge is 0.465 e. The number of nitrogens with zero attached hydrogens (tertiary/aromatic N) is 1. The Kier molecular flexibility index (Phi) is 6.54. The van der Waals surface area contributed by atoms with Gasteiger partial charge in [-0.2, -0.15) is 0 Å². The minimum absolute atomic E-state index is 0.00438. The van der Waals surface area contributed by atoms with Gasteiger partial charge in [0.15, 0.2) is 0 Å². The summed E-state index contributed by atoms with van der Waals surface area (Å²) < 4.78 is 14.8. The fourth-order valence-electron chi connectivity index (χ4n) is 2.58. The van der Waals surface area contributed by atoms with E-state index in [1.54, 1.807) is 43.5 Å². The second-order valence-electron chi connectivity index (χ2n) is 5.56. The third-order valence-electron chi connectivity index (χ3n) is 3.80. The molecule has 0 atom stereocenters. The maximum atomic E-state index is 12.5. The lowest BCUT2D eigenvalue weighted by Crippen LogP contribution is -2.28. The van der Waals surface area contributed by atoms with Gasteiger partial charge in [-0.25, -0.2) is 14.4 Å². The zero-order valence-corrected chi connectivity index (χ0v) is 15.6. The highest BCUT2D eigenvalue weighted by Gasteiger charge is 2.29. The number of methoxy groups -OCH3 is 2. The fraction of sp³-hybridized carbons (Fsp3) is 0.250. The van der Waals surface area contributed by atoms with Crippen molar-refractivity contribution in [3.8, 4) is 0 Å². The number of carbonyl (C=O) groups excluding carboxylic acids is 3. The van der Waals surface area contributed by atoms with Crippen molar-refractivity contribution in [3.63, 3.8) is 0 Å². The highest BCUT2D eigenvalue weighted by atomic mass is 16.5. The van der Waals surface area contributed by atoms with Crippen LogP contribution in [0.1, 0.15) is 22.8 Å². The van der Waals surface area contributed by atoms with Crippen molar-refractivity contribution >= 4 is 23.6 Å². The summed E-state index contributed by atoms with van der Waals surface area (Å²) in [4.78, 5) is 38.6. The van der Waals surface area contributed by atoms with E-state index in [1.165, 1.54) is 25.2 Å². The Morgan fingerprint density at radius 2 is 1.70 bits per heavy atom. The Morgan fingerprint density at radius 3 is 2.33 bits per heavy atom. The number of ether oxygens (including phenoxy) is 3. The number of hydrogen-bond acceptors (Lipinski definition) is 7. The van der Waals surface area contributed by atoms with E-state index in [-0.39, 0.29) is 23.4 Å². The topological polar surface area (TPSA) is 82.1 Å². The Balaban J connectivity index is 2.73. The van der Waals surface area contributed by atoms with Crippen molar-refractivity contribution in [1.82, 2.24) is 0 Å². The molecule has 27 heavy (non-hydrogen) atoms. The second kappa shape index (κ2) is 8.84. The molecular formula is C20H21NO6. The quantitative estimate of drug-likeness (QED) is 0.581. The molecule has 0 saturated carbocycles. The number of carbonyl (C=O) groups is 3. The summed E-state index contributed by atoms with van der Waals surface area (Å²) >= 11 is 0. The summed E-state index contributed by atoms with van der Waals surface area (Å²) in [5.74, 6) is -1.99. The molecule has 1 aliphatic rings. The Hall–Kier alpha value is -3.35. The van der Waals surface area contributed by atoms with Gasteiger partial charge in [-0.15, -0.1) is 0 Å². The van der Waals surface area contributed by atoms with Crippen molar-refractivity contribution < 1.29 is 28.6 Å². The molecule has 0 aliphatic carbocycles. The zero-order chi connectivity index (χ0) is 20.0. The SMILES string of the molecule is CCOC(=O)c1cc(C)ccc1N1C=CC=CC(C(=O)OC)=C1C(=O)OC. The lowest BCUT2D eigenvalue weighted by molar-refractivity contribution is -0.139. The summed E-state index contributed by atoms with van der Waals surface area (Å²) in [7, 11) is 2.43. The third kappa shape index (κ3) is 4.25. The molecule has 0 bridgehead atoms. The van der Waals surface area contributed by atoms with Crippen molar-refractivity contribution in [3.05, 3.63) is 65.0 Å². The zero-order valence-electron chi connectivity index (χ0n) is 15.6. The molecule has 1 aliphatic heterocycles. The maximum absolute atomic E-state index is 12.5. The van der Waals surface area contributed by atoms with Crippen LogP contribution in [-0.4, -0.2) is 38.7 Å². The number of allylic oxidation sites excluding steroid dienone is 2. The molecule has 0 spiro atoms. The fourth-order valence-corrected chi connectivity index (χ4v) is 2.58. The van der Waals surface area contributed by atoms with Crippen LogP contribution in [0.25, 0.3) is 0 Å². The van der Waals surface area contributed by atoms with Gasteiger partial charge in [0.1, 0.15) is 5.70 Å². The third-order valence-corrected chi connectivity index (χ3v) is 3.80. The molecule has 2 rings (SSSR count). The molecule has 0 saturated heterocycles. The number of benzene rings is 1. The average Bonchev–Trinajstić information content (AvgIpc) is 2.89. The molecule has 0 N–H and O–H groups in total. The standard InChI is InChI=1S/C20H21NO6/c1-5-27-19(23)15-12-13(2)9-10-16(15)21-11-7-6-8-14(18(22)25-3)17(21)20(24)26-4/h6-12H,5H2,1-4H3. The highest BCUT2D eigenvalue weighted by molar-refractivity contribution is 6.07. The Labute approximate surface area is 157 Å². The molecule has 0 radical (unpaired) electrons. The van der Waals surface area contributed by atoms with Crippen LogP contribution in [0.15, 0.2) is 53.9 Å². The van der Waals surface area contributed by atoms with Gasteiger partial charge in [0.05, 0.1) is 37.7 Å². The van der Waals surface area contributed by atoms with Crippen molar-refractivity contribution in [1.29, 1.82) is 0 Å². The first-order valence-corrected chi connectivity index (χ1v) is 8.27. The molecule has 7 heteroatoms. The van der Waals surface area contributed by atoms with Gasteiger partial charge in [0.2, 0.25) is 0 Å². The van der Waals surface area contributed by atoms with Crippen molar-refractivity contribution in [2.24, 2.45) is 0 Å². The van der Waals surface area contributed by atoms with Gasteiger partial charge in [0.25, 0.3) is 0 Å². The van der Waals surface area contributed by atoms with E-state index in [2.05, 4.69) is 0 Å². The van der Waals surface area contributed by atoms with Crippen LogP contribution in [0.5, 0.6) is 0 Å². The summed E-state index contributed by atoms with van der Waals surface area (Å²) in [5, 5.41) is 0. The summed E-state index contributed by atoms with van der Waals surface area (Å²) in [6, 6.07) is 5.12. The molecular weight excluding hydrogens is 350 g/mol. The van der Waals surface area contributed by atoms with E-state index < -0.39 is 17.9 Å². The van der Waals surface area contributed by atoms with Gasteiger partial charge >= 0.3 is 17.9 Å². The van der Waals surface area contributed by atoms with Crippen LogP contribution in [0.3, 0.4) is 0 Å². The van der Waals surface area contributed by atoms with Crippen LogP contribution in [0.4, 0.5) is 5.69 Å². The number of esters is 3. The summed E-state index contributed by atoms with van der Waals surface area (Å²) in [5.41, 5.74) is 1.42.